The van der Waals surface area contributed by atoms with E-state index in [9.17, 15) is 19.5 Å². The number of carboxylic acids is 1. The maximum atomic E-state index is 12.8. The van der Waals surface area contributed by atoms with Crippen LogP contribution < -0.4 is 0 Å². The van der Waals surface area contributed by atoms with Crippen LogP contribution in [0.25, 0.3) is 11.1 Å². The van der Waals surface area contributed by atoms with E-state index in [0.29, 0.717) is 0 Å². The first-order chi connectivity index (χ1) is 14.9. The van der Waals surface area contributed by atoms with Crippen LogP contribution in [0, 0.1) is 0 Å². The van der Waals surface area contributed by atoms with Gasteiger partial charge in [0.25, 0.3) is 0 Å². The molecule has 3 rings (SSSR count). The number of benzene rings is 2. The summed E-state index contributed by atoms with van der Waals surface area (Å²) in [6.07, 6.45) is -1.32. The van der Waals surface area contributed by atoms with Crippen LogP contribution in [0.4, 0.5) is 4.79 Å². The number of rotatable bonds is 6. The third kappa shape index (κ3) is 4.61. The number of carbonyl (C=O) groups excluding carboxylic acids is 2. The molecule has 0 fully saturated rings. The minimum atomic E-state index is -1.81. The lowest BCUT2D eigenvalue weighted by Gasteiger charge is -2.34. The van der Waals surface area contributed by atoms with Gasteiger partial charge < -0.3 is 14.6 Å². The van der Waals surface area contributed by atoms with E-state index in [1.165, 1.54) is 14.0 Å². The second kappa shape index (κ2) is 8.65. The summed E-state index contributed by atoms with van der Waals surface area (Å²) >= 11 is 0. The molecule has 2 aromatic rings. The Morgan fingerprint density at radius 1 is 0.938 bits per heavy atom. The van der Waals surface area contributed by atoms with Gasteiger partial charge in [-0.15, -0.1) is 0 Å². The highest BCUT2D eigenvalue weighted by Gasteiger charge is 2.44. The number of esters is 1. The first kappa shape index (κ1) is 23.3. The zero-order valence-electron chi connectivity index (χ0n) is 19.0. The highest BCUT2D eigenvalue weighted by atomic mass is 16.6. The van der Waals surface area contributed by atoms with E-state index < -0.39 is 35.6 Å². The van der Waals surface area contributed by atoms with E-state index in [-0.39, 0.29) is 12.5 Å². The van der Waals surface area contributed by atoms with Crippen LogP contribution in [0.3, 0.4) is 0 Å². The molecule has 1 amide bonds. The normalized spacial score (nSPS) is 14.7. The van der Waals surface area contributed by atoms with E-state index in [0.717, 1.165) is 27.2 Å². The van der Waals surface area contributed by atoms with Gasteiger partial charge in [-0.3, -0.25) is 9.69 Å². The lowest BCUT2D eigenvalue weighted by molar-refractivity contribution is -0.164. The first-order valence-electron chi connectivity index (χ1n) is 10.5. The highest BCUT2D eigenvalue weighted by molar-refractivity contribution is 5.89. The van der Waals surface area contributed by atoms with Crippen molar-refractivity contribution in [3.05, 3.63) is 59.7 Å². The van der Waals surface area contributed by atoms with E-state index in [4.69, 9.17) is 9.47 Å². The number of carboxylic acid groups (broad SMARTS) is 1. The molecule has 0 aromatic heterocycles. The number of fused-ring (bicyclic) bond motifs is 3. The summed E-state index contributed by atoms with van der Waals surface area (Å²) in [5, 5.41) is 9.78. The number of hydrogen-bond donors (Lipinski definition) is 1. The molecular formula is C25H29NO6. The largest absolute Gasteiger partial charge is 0.479 e. The van der Waals surface area contributed by atoms with Crippen LogP contribution in [0.5, 0.6) is 0 Å². The summed E-state index contributed by atoms with van der Waals surface area (Å²) in [5.74, 6) is -2.18. The molecule has 2 aromatic carbocycles. The molecule has 0 heterocycles. The van der Waals surface area contributed by atoms with Crippen molar-refractivity contribution in [2.75, 3.05) is 13.7 Å². The predicted molar refractivity (Wildman–Crippen MR) is 119 cm³/mol. The topological polar surface area (TPSA) is 93.1 Å². The number of carbonyl (C=O) groups is 3. The zero-order valence-corrected chi connectivity index (χ0v) is 19.0. The number of nitrogens with zero attached hydrogens (tertiary/aromatic N) is 1. The second-order valence-corrected chi connectivity index (χ2v) is 9.21. The van der Waals surface area contributed by atoms with Gasteiger partial charge in [-0.25, -0.2) is 9.59 Å². The minimum Gasteiger partial charge on any atom is -0.479 e. The van der Waals surface area contributed by atoms with Gasteiger partial charge in [0.2, 0.25) is 0 Å². The Balaban J connectivity index is 1.75. The minimum absolute atomic E-state index is 0.0549. The average Bonchev–Trinajstić information content (AvgIpc) is 3.03. The number of aliphatic carboxylic acids is 1. The van der Waals surface area contributed by atoms with E-state index in [1.54, 1.807) is 20.8 Å². The van der Waals surface area contributed by atoms with Crippen LogP contribution in [0.2, 0.25) is 0 Å². The molecule has 0 saturated heterocycles. The molecular weight excluding hydrogens is 410 g/mol. The standard InChI is InChI=1S/C25H29NO6/c1-24(2,3)32-21(27)14-25(4,22(28)29)26(5)23(30)31-15-20-18-12-8-6-10-16(18)17-11-7-9-13-19(17)20/h6-13,20H,14-15H2,1-5H3,(H,28,29)/t25-/m1/s1. The van der Waals surface area contributed by atoms with Crippen LogP contribution in [0.15, 0.2) is 48.5 Å². The molecule has 1 N–H and O–H groups in total. The molecule has 0 radical (unpaired) electrons. The van der Waals surface area contributed by atoms with Gasteiger partial charge in [0.15, 0.2) is 5.54 Å². The van der Waals surface area contributed by atoms with Crippen LogP contribution in [0.1, 0.15) is 51.2 Å². The molecule has 170 valence electrons. The first-order valence-corrected chi connectivity index (χ1v) is 10.5. The Morgan fingerprint density at radius 2 is 1.44 bits per heavy atom. The third-order valence-electron chi connectivity index (χ3n) is 5.72. The van der Waals surface area contributed by atoms with Crippen molar-refractivity contribution >= 4 is 18.0 Å². The monoisotopic (exact) mass is 439 g/mol. The Hall–Kier alpha value is -3.35. The number of hydrogen-bond acceptors (Lipinski definition) is 5. The van der Waals surface area contributed by atoms with Crippen molar-refractivity contribution in [3.8, 4) is 11.1 Å². The fraction of sp³-hybridized carbons (Fsp3) is 0.400. The summed E-state index contributed by atoms with van der Waals surface area (Å²) in [5.41, 5.74) is 1.72. The Labute approximate surface area is 187 Å². The summed E-state index contributed by atoms with van der Waals surface area (Å²) in [6, 6.07) is 15.9. The summed E-state index contributed by atoms with van der Waals surface area (Å²) < 4.78 is 10.8. The molecule has 0 unspecified atom stereocenters. The quantitative estimate of drug-likeness (QED) is 0.669. The fourth-order valence-electron chi connectivity index (χ4n) is 3.89. The van der Waals surface area contributed by atoms with Gasteiger partial charge in [0, 0.05) is 13.0 Å². The van der Waals surface area contributed by atoms with Crippen molar-refractivity contribution < 1.29 is 29.0 Å². The van der Waals surface area contributed by atoms with Gasteiger partial charge in [-0.2, -0.15) is 0 Å². The number of likely N-dealkylation sites (N-methyl/N-ethyl adjacent to an activating group) is 1. The summed E-state index contributed by atoms with van der Waals surface area (Å²) in [7, 11) is 1.32. The van der Waals surface area contributed by atoms with Gasteiger partial charge in [-0.1, -0.05) is 48.5 Å². The molecule has 1 atom stereocenters. The lowest BCUT2D eigenvalue weighted by Crippen LogP contribution is -2.55. The van der Waals surface area contributed by atoms with Crippen molar-refractivity contribution in [1.29, 1.82) is 0 Å². The van der Waals surface area contributed by atoms with Crippen LogP contribution in [-0.4, -0.2) is 52.8 Å². The van der Waals surface area contributed by atoms with Gasteiger partial charge in [0.1, 0.15) is 12.2 Å². The van der Waals surface area contributed by atoms with Crippen molar-refractivity contribution in [1.82, 2.24) is 4.90 Å². The highest BCUT2D eigenvalue weighted by Crippen LogP contribution is 2.44. The molecule has 0 aliphatic heterocycles. The van der Waals surface area contributed by atoms with Crippen molar-refractivity contribution in [2.45, 2.75) is 51.2 Å². The van der Waals surface area contributed by atoms with Crippen molar-refractivity contribution in [2.24, 2.45) is 0 Å². The molecule has 0 saturated carbocycles. The third-order valence-corrected chi connectivity index (χ3v) is 5.72. The average molecular weight is 440 g/mol. The second-order valence-electron chi connectivity index (χ2n) is 9.21. The maximum Gasteiger partial charge on any atom is 0.410 e. The Kier molecular flexibility index (Phi) is 6.30. The molecule has 32 heavy (non-hydrogen) atoms. The van der Waals surface area contributed by atoms with E-state index in [2.05, 4.69) is 0 Å². The number of ether oxygens (including phenoxy) is 2. The van der Waals surface area contributed by atoms with Gasteiger partial charge >= 0.3 is 18.0 Å². The zero-order chi connectivity index (χ0) is 23.7. The maximum absolute atomic E-state index is 12.8. The number of amides is 1. The molecule has 0 bridgehead atoms. The van der Waals surface area contributed by atoms with Crippen LogP contribution in [-0.2, 0) is 19.1 Å². The van der Waals surface area contributed by atoms with E-state index >= 15 is 0 Å². The fourth-order valence-corrected chi connectivity index (χ4v) is 3.89. The molecule has 1 aliphatic rings. The summed E-state index contributed by atoms with van der Waals surface area (Å²) in [6.45, 7) is 6.44. The molecule has 7 nitrogen and oxygen atoms in total. The molecule has 0 spiro atoms. The van der Waals surface area contributed by atoms with Gasteiger partial charge in [0.05, 0.1) is 6.42 Å². The Bertz CT molecular complexity index is 995. The predicted octanol–water partition coefficient (Wildman–Crippen LogP) is 4.44. The van der Waals surface area contributed by atoms with E-state index in [1.807, 2.05) is 48.5 Å². The molecule has 7 heteroatoms. The van der Waals surface area contributed by atoms with Gasteiger partial charge in [-0.05, 0) is 49.9 Å². The smallest absolute Gasteiger partial charge is 0.410 e. The van der Waals surface area contributed by atoms with Crippen LogP contribution >= 0.6 is 0 Å². The Morgan fingerprint density at radius 3 is 1.91 bits per heavy atom. The summed E-state index contributed by atoms with van der Waals surface area (Å²) in [4.78, 5) is 38.1. The SMILES string of the molecule is CN(C(=O)OCC1c2ccccc2-c2ccccc21)[C@](C)(CC(=O)OC(C)(C)C)C(=O)O. The van der Waals surface area contributed by atoms with Crippen molar-refractivity contribution in [3.63, 3.8) is 0 Å². The lowest BCUT2D eigenvalue weighted by atomic mass is 9.96. The molecule has 1 aliphatic carbocycles.